The molecule has 0 aliphatic rings. The molecule has 1 aromatic rings. The first-order valence-corrected chi connectivity index (χ1v) is 7.78. The highest BCUT2D eigenvalue weighted by molar-refractivity contribution is 5.74. The van der Waals surface area contributed by atoms with Crippen LogP contribution in [0.2, 0.25) is 0 Å². The number of rotatable bonds is 7. The number of hydrogen-bond acceptors (Lipinski definition) is 2. The lowest BCUT2D eigenvalue weighted by molar-refractivity contribution is -0.149. The van der Waals surface area contributed by atoms with Crippen LogP contribution in [0.1, 0.15) is 58.6 Å². The molecule has 0 unspecified atom stereocenters. The predicted molar refractivity (Wildman–Crippen MR) is 87.5 cm³/mol. The molecule has 0 heterocycles. The first-order chi connectivity index (χ1) is 9.75. The molecular weight excluding hydrogens is 262 g/mol. The molecule has 0 amide bonds. The second-order valence-electron chi connectivity index (χ2n) is 6.84. The zero-order valence-electron chi connectivity index (χ0n) is 14.0. The van der Waals surface area contributed by atoms with E-state index in [0.29, 0.717) is 25.9 Å². The molecule has 0 aliphatic carbocycles. The van der Waals surface area contributed by atoms with E-state index >= 15 is 0 Å². The maximum absolute atomic E-state index is 11.4. The third-order valence-electron chi connectivity index (χ3n) is 4.42. The Balaban J connectivity index is 2.62. The van der Waals surface area contributed by atoms with Gasteiger partial charge >= 0.3 is 5.97 Å². The number of carboxylic acids is 1. The van der Waals surface area contributed by atoms with Crippen LogP contribution in [0.15, 0.2) is 24.3 Å². The smallest absolute Gasteiger partial charge is 0.310 e. The van der Waals surface area contributed by atoms with Crippen molar-refractivity contribution < 1.29 is 9.90 Å². The van der Waals surface area contributed by atoms with Gasteiger partial charge in [0.15, 0.2) is 0 Å². The van der Waals surface area contributed by atoms with E-state index < -0.39 is 11.4 Å². The van der Waals surface area contributed by atoms with Crippen LogP contribution < -0.4 is 5.32 Å². The fourth-order valence-corrected chi connectivity index (χ4v) is 2.45. The summed E-state index contributed by atoms with van der Waals surface area (Å²) in [6.07, 6.45) is 1.30. The Morgan fingerprint density at radius 2 is 1.62 bits per heavy atom. The molecule has 0 aliphatic heterocycles. The minimum atomic E-state index is -0.705. The summed E-state index contributed by atoms with van der Waals surface area (Å²) in [6, 6.07) is 8.55. The van der Waals surface area contributed by atoms with E-state index in [2.05, 4.69) is 50.4 Å². The molecule has 0 bridgehead atoms. The SMILES string of the molecule is CCC(CC)(CNCc1ccc(C(C)(C)C)cc1)C(=O)O. The first-order valence-electron chi connectivity index (χ1n) is 7.78. The molecule has 0 saturated carbocycles. The first kappa shape index (κ1) is 17.7. The lowest BCUT2D eigenvalue weighted by atomic mass is 9.82. The normalized spacial score (nSPS) is 12.4. The fraction of sp³-hybridized carbons (Fsp3) is 0.611. The van der Waals surface area contributed by atoms with Crippen LogP contribution in [0, 0.1) is 5.41 Å². The van der Waals surface area contributed by atoms with E-state index in [1.54, 1.807) is 0 Å². The van der Waals surface area contributed by atoms with E-state index in [-0.39, 0.29) is 5.41 Å². The summed E-state index contributed by atoms with van der Waals surface area (Å²) >= 11 is 0. The highest BCUT2D eigenvalue weighted by atomic mass is 16.4. The lowest BCUT2D eigenvalue weighted by Crippen LogP contribution is -2.40. The van der Waals surface area contributed by atoms with Crippen LogP contribution in [0.3, 0.4) is 0 Å². The van der Waals surface area contributed by atoms with Crippen molar-refractivity contribution in [2.75, 3.05) is 6.54 Å². The second kappa shape index (κ2) is 7.08. The molecule has 0 radical (unpaired) electrons. The van der Waals surface area contributed by atoms with Gasteiger partial charge in [-0.15, -0.1) is 0 Å². The van der Waals surface area contributed by atoms with Gasteiger partial charge < -0.3 is 10.4 Å². The molecule has 1 rings (SSSR count). The Morgan fingerprint density at radius 1 is 1.10 bits per heavy atom. The van der Waals surface area contributed by atoms with Crippen molar-refractivity contribution in [3.8, 4) is 0 Å². The van der Waals surface area contributed by atoms with Gasteiger partial charge in [0.25, 0.3) is 0 Å². The van der Waals surface area contributed by atoms with Crippen LogP contribution in [0.25, 0.3) is 0 Å². The number of carbonyl (C=O) groups is 1. The molecule has 2 N–H and O–H groups in total. The van der Waals surface area contributed by atoms with Crippen LogP contribution in [0.4, 0.5) is 0 Å². The molecule has 0 aromatic heterocycles. The summed E-state index contributed by atoms with van der Waals surface area (Å²) in [6.45, 7) is 11.7. The fourth-order valence-electron chi connectivity index (χ4n) is 2.45. The van der Waals surface area contributed by atoms with E-state index in [9.17, 15) is 9.90 Å². The Labute approximate surface area is 128 Å². The Kier molecular flexibility index (Phi) is 5.97. The summed E-state index contributed by atoms with van der Waals surface area (Å²) in [7, 11) is 0. The van der Waals surface area contributed by atoms with Gasteiger partial charge in [0.05, 0.1) is 5.41 Å². The van der Waals surface area contributed by atoms with Gasteiger partial charge in [0, 0.05) is 13.1 Å². The van der Waals surface area contributed by atoms with E-state index in [1.165, 1.54) is 11.1 Å². The van der Waals surface area contributed by atoms with Crippen molar-refractivity contribution in [1.82, 2.24) is 5.32 Å². The largest absolute Gasteiger partial charge is 0.481 e. The van der Waals surface area contributed by atoms with Crippen LogP contribution in [-0.4, -0.2) is 17.6 Å². The third-order valence-corrected chi connectivity index (χ3v) is 4.42. The van der Waals surface area contributed by atoms with E-state index in [1.807, 2.05) is 13.8 Å². The molecule has 21 heavy (non-hydrogen) atoms. The second-order valence-corrected chi connectivity index (χ2v) is 6.84. The Morgan fingerprint density at radius 3 is 2.00 bits per heavy atom. The summed E-state index contributed by atoms with van der Waals surface area (Å²) in [4.78, 5) is 11.4. The minimum Gasteiger partial charge on any atom is -0.481 e. The molecule has 3 heteroatoms. The molecule has 0 fully saturated rings. The highest BCUT2D eigenvalue weighted by Gasteiger charge is 2.34. The number of aliphatic carboxylic acids is 1. The van der Waals surface area contributed by atoms with E-state index in [4.69, 9.17) is 0 Å². The molecule has 0 spiro atoms. The zero-order chi connectivity index (χ0) is 16.1. The van der Waals surface area contributed by atoms with Crippen molar-refractivity contribution in [2.24, 2.45) is 5.41 Å². The molecule has 118 valence electrons. The average Bonchev–Trinajstić information content (AvgIpc) is 2.43. The lowest BCUT2D eigenvalue weighted by Gasteiger charge is -2.27. The van der Waals surface area contributed by atoms with Crippen molar-refractivity contribution in [1.29, 1.82) is 0 Å². The van der Waals surface area contributed by atoms with Crippen LogP contribution >= 0.6 is 0 Å². The van der Waals surface area contributed by atoms with Gasteiger partial charge in [-0.2, -0.15) is 0 Å². The maximum atomic E-state index is 11.4. The highest BCUT2D eigenvalue weighted by Crippen LogP contribution is 2.26. The Hall–Kier alpha value is -1.35. The zero-order valence-corrected chi connectivity index (χ0v) is 14.0. The summed E-state index contributed by atoms with van der Waals surface area (Å²) in [5.74, 6) is -0.705. The van der Waals surface area contributed by atoms with Crippen molar-refractivity contribution in [2.45, 2.75) is 59.4 Å². The number of carboxylic acid groups (broad SMARTS) is 1. The van der Waals surface area contributed by atoms with Gasteiger partial charge in [-0.25, -0.2) is 0 Å². The van der Waals surface area contributed by atoms with Gasteiger partial charge in [0.2, 0.25) is 0 Å². The van der Waals surface area contributed by atoms with Gasteiger partial charge in [0.1, 0.15) is 0 Å². The molecule has 0 saturated heterocycles. The maximum Gasteiger partial charge on any atom is 0.310 e. The monoisotopic (exact) mass is 291 g/mol. The van der Waals surface area contributed by atoms with Crippen molar-refractivity contribution in [3.63, 3.8) is 0 Å². The quantitative estimate of drug-likeness (QED) is 0.799. The number of hydrogen-bond donors (Lipinski definition) is 2. The van der Waals surface area contributed by atoms with E-state index in [0.717, 1.165) is 0 Å². The number of nitrogens with one attached hydrogen (secondary N) is 1. The van der Waals surface area contributed by atoms with Crippen LogP contribution in [-0.2, 0) is 16.8 Å². The van der Waals surface area contributed by atoms with Crippen LogP contribution in [0.5, 0.6) is 0 Å². The van der Waals surface area contributed by atoms with Gasteiger partial charge in [-0.3, -0.25) is 4.79 Å². The predicted octanol–water partition coefficient (Wildman–Crippen LogP) is 3.96. The summed E-state index contributed by atoms with van der Waals surface area (Å²) < 4.78 is 0. The standard InChI is InChI=1S/C18H29NO2/c1-6-18(7-2,16(20)21)13-19-12-14-8-10-15(11-9-14)17(3,4)5/h8-11,19H,6-7,12-13H2,1-5H3,(H,20,21). The Bertz CT molecular complexity index is 453. The topological polar surface area (TPSA) is 49.3 Å². The molecule has 1 aromatic carbocycles. The third kappa shape index (κ3) is 4.57. The minimum absolute atomic E-state index is 0.162. The number of benzene rings is 1. The van der Waals surface area contributed by atoms with Gasteiger partial charge in [-0.1, -0.05) is 58.9 Å². The van der Waals surface area contributed by atoms with Crippen molar-refractivity contribution >= 4 is 5.97 Å². The van der Waals surface area contributed by atoms with Crippen molar-refractivity contribution in [3.05, 3.63) is 35.4 Å². The average molecular weight is 291 g/mol. The molecule has 0 atom stereocenters. The molecule has 3 nitrogen and oxygen atoms in total. The summed E-state index contributed by atoms with van der Waals surface area (Å²) in [5.41, 5.74) is 2.02. The molecular formula is C18H29NO2. The van der Waals surface area contributed by atoms with Gasteiger partial charge in [-0.05, 0) is 29.4 Å². The summed E-state index contributed by atoms with van der Waals surface area (Å²) in [5, 5.41) is 12.7.